The van der Waals surface area contributed by atoms with E-state index in [1.165, 1.54) is 5.57 Å². The molecular formula is C20H32O3. The number of ether oxygens (including phenoxy) is 1. The Labute approximate surface area is 140 Å². The lowest BCUT2D eigenvalue weighted by molar-refractivity contribution is 0.0565. The van der Waals surface area contributed by atoms with Crippen molar-refractivity contribution in [1.29, 1.82) is 0 Å². The second-order valence-electron chi connectivity index (χ2n) is 7.90. The summed E-state index contributed by atoms with van der Waals surface area (Å²) in [6.45, 7) is 12.4. The molecule has 130 valence electrons. The standard InChI is InChI=1S/C20H32O3/c1-13(2)16-7-6-15(4)19-18(23-19)11-14(3)10-17(21)12-20(5,22)9-8-16/h8-10,13,16-19,21-22H,4,6-7,11-12H2,1-3,5H3/b9-8+,14-10-/t16-,17+,18?,19?,20+/m0/s1. The van der Waals surface area contributed by atoms with Crippen LogP contribution in [0.15, 0.2) is 36.0 Å². The zero-order chi connectivity index (χ0) is 17.2. The lowest BCUT2D eigenvalue weighted by Gasteiger charge is -2.24. The van der Waals surface area contributed by atoms with Gasteiger partial charge in [-0.2, -0.15) is 0 Å². The van der Waals surface area contributed by atoms with Gasteiger partial charge in [0.15, 0.2) is 0 Å². The Kier molecular flexibility index (Phi) is 5.88. The van der Waals surface area contributed by atoms with Gasteiger partial charge in [-0.1, -0.05) is 44.2 Å². The Bertz CT molecular complexity index is 487. The van der Waals surface area contributed by atoms with E-state index in [0.29, 0.717) is 18.3 Å². The van der Waals surface area contributed by atoms with Crippen LogP contribution in [0, 0.1) is 11.8 Å². The minimum atomic E-state index is -0.997. The van der Waals surface area contributed by atoms with Gasteiger partial charge >= 0.3 is 0 Å². The molecule has 0 spiro atoms. The lowest BCUT2D eigenvalue weighted by atomic mass is 9.86. The van der Waals surface area contributed by atoms with Gasteiger partial charge in [-0.15, -0.1) is 0 Å². The summed E-state index contributed by atoms with van der Waals surface area (Å²) in [4.78, 5) is 0. The van der Waals surface area contributed by atoms with Crippen molar-refractivity contribution >= 4 is 0 Å². The molecular weight excluding hydrogens is 288 g/mol. The van der Waals surface area contributed by atoms with Crippen molar-refractivity contribution in [3.8, 4) is 0 Å². The van der Waals surface area contributed by atoms with Crippen molar-refractivity contribution in [2.24, 2.45) is 11.8 Å². The second-order valence-corrected chi connectivity index (χ2v) is 7.90. The summed E-state index contributed by atoms with van der Waals surface area (Å²) >= 11 is 0. The maximum absolute atomic E-state index is 10.5. The zero-order valence-corrected chi connectivity index (χ0v) is 15.0. The van der Waals surface area contributed by atoms with Crippen LogP contribution < -0.4 is 0 Å². The fraction of sp³-hybridized carbons (Fsp3) is 0.700. The van der Waals surface area contributed by atoms with E-state index in [-0.39, 0.29) is 12.2 Å². The molecule has 0 radical (unpaired) electrons. The van der Waals surface area contributed by atoms with Gasteiger partial charge < -0.3 is 14.9 Å². The van der Waals surface area contributed by atoms with Crippen molar-refractivity contribution in [2.45, 2.75) is 77.3 Å². The number of allylic oxidation sites excluding steroid dienone is 1. The fourth-order valence-corrected chi connectivity index (χ4v) is 3.40. The van der Waals surface area contributed by atoms with E-state index in [2.05, 4.69) is 26.5 Å². The Balaban J connectivity index is 2.18. The van der Waals surface area contributed by atoms with E-state index in [1.54, 1.807) is 6.92 Å². The van der Waals surface area contributed by atoms with Crippen LogP contribution >= 0.6 is 0 Å². The molecule has 2 N–H and O–H groups in total. The van der Waals surface area contributed by atoms with Crippen LogP contribution in [0.4, 0.5) is 0 Å². The summed E-state index contributed by atoms with van der Waals surface area (Å²) < 4.78 is 5.76. The fourth-order valence-electron chi connectivity index (χ4n) is 3.40. The molecule has 0 aromatic rings. The van der Waals surface area contributed by atoms with Gasteiger partial charge in [0.2, 0.25) is 0 Å². The number of hydrogen-bond acceptors (Lipinski definition) is 3. The summed E-state index contributed by atoms with van der Waals surface area (Å²) in [7, 11) is 0. The van der Waals surface area contributed by atoms with E-state index in [0.717, 1.165) is 24.8 Å². The minimum Gasteiger partial charge on any atom is -0.389 e. The third kappa shape index (κ3) is 5.59. The van der Waals surface area contributed by atoms with E-state index in [4.69, 9.17) is 4.74 Å². The quantitative estimate of drug-likeness (QED) is 0.571. The van der Waals surface area contributed by atoms with Crippen LogP contribution in [0.25, 0.3) is 0 Å². The molecule has 0 aromatic heterocycles. The molecule has 2 rings (SSSR count). The monoisotopic (exact) mass is 320 g/mol. The van der Waals surface area contributed by atoms with E-state index < -0.39 is 11.7 Å². The molecule has 0 aromatic carbocycles. The molecule has 3 nitrogen and oxygen atoms in total. The van der Waals surface area contributed by atoms with Crippen molar-refractivity contribution < 1.29 is 14.9 Å². The van der Waals surface area contributed by atoms with Crippen molar-refractivity contribution in [3.63, 3.8) is 0 Å². The molecule has 0 amide bonds. The molecule has 1 aliphatic carbocycles. The molecule has 0 saturated carbocycles. The Morgan fingerprint density at radius 1 is 1.39 bits per heavy atom. The first kappa shape index (κ1) is 18.4. The third-order valence-electron chi connectivity index (χ3n) is 4.96. The van der Waals surface area contributed by atoms with Gasteiger partial charge in [-0.25, -0.2) is 0 Å². The number of aliphatic hydroxyl groups excluding tert-OH is 1. The van der Waals surface area contributed by atoms with Gasteiger partial charge in [0.1, 0.15) is 6.10 Å². The number of rotatable bonds is 1. The van der Waals surface area contributed by atoms with Crippen molar-refractivity contribution in [1.82, 2.24) is 0 Å². The molecule has 23 heavy (non-hydrogen) atoms. The predicted octanol–water partition coefficient (Wildman–Crippen LogP) is 3.77. The number of hydrogen-bond donors (Lipinski definition) is 2. The average molecular weight is 320 g/mol. The third-order valence-corrected chi connectivity index (χ3v) is 4.96. The van der Waals surface area contributed by atoms with Crippen LogP contribution in [0.3, 0.4) is 0 Å². The highest BCUT2D eigenvalue weighted by molar-refractivity contribution is 5.18. The van der Waals surface area contributed by atoms with Gasteiger partial charge in [-0.05, 0) is 50.5 Å². The number of epoxide rings is 1. The topological polar surface area (TPSA) is 53.0 Å². The van der Waals surface area contributed by atoms with Gasteiger partial charge in [-0.3, -0.25) is 0 Å². The average Bonchev–Trinajstić information content (AvgIpc) is 3.14. The molecule has 1 heterocycles. The van der Waals surface area contributed by atoms with E-state index >= 15 is 0 Å². The van der Waals surface area contributed by atoms with Crippen LogP contribution in [0.2, 0.25) is 0 Å². The SMILES string of the molecule is C=C1CC[C@H](C(C)C)/C=C/[C@@](C)(O)C[C@H](O)/C=C(/C)CC2OC12. The van der Waals surface area contributed by atoms with Gasteiger partial charge in [0, 0.05) is 6.42 Å². The molecule has 3 heteroatoms. The molecule has 5 atom stereocenters. The van der Waals surface area contributed by atoms with Crippen LogP contribution in [0.1, 0.15) is 53.4 Å². The maximum atomic E-state index is 10.5. The van der Waals surface area contributed by atoms with Crippen LogP contribution in [-0.4, -0.2) is 34.1 Å². The minimum absolute atomic E-state index is 0.179. The number of fused-ring (bicyclic) bond motifs is 1. The number of aliphatic hydroxyl groups is 2. The molecule has 1 saturated heterocycles. The van der Waals surface area contributed by atoms with Gasteiger partial charge in [0.05, 0.1) is 17.8 Å². The van der Waals surface area contributed by atoms with Crippen molar-refractivity contribution in [2.75, 3.05) is 0 Å². The Morgan fingerprint density at radius 2 is 2.09 bits per heavy atom. The zero-order valence-electron chi connectivity index (χ0n) is 15.0. The normalized spacial score (nSPS) is 43.3. The summed E-state index contributed by atoms with van der Waals surface area (Å²) in [6, 6.07) is 0. The summed E-state index contributed by atoms with van der Waals surface area (Å²) in [5.41, 5.74) is 1.28. The Hall–Kier alpha value is -0.900. The van der Waals surface area contributed by atoms with Crippen molar-refractivity contribution in [3.05, 3.63) is 36.0 Å². The van der Waals surface area contributed by atoms with E-state index in [9.17, 15) is 10.2 Å². The van der Waals surface area contributed by atoms with Crippen LogP contribution in [0.5, 0.6) is 0 Å². The van der Waals surface area contributed by atoms with Crippen LogP contribution in [-0.2, 0) is 4.74 Å². The molecule has 1 aliphatic heterocycles. The molecule has 2 aliphatic rings. The first-order chi connectivity index (χ1) is 10.7. The largest absolute Gasteiger partial charge is 0.389 e. The summed E-state index contributed by atoms with van der Waals surface area (Å²) in [5, 5.41) is 20.8. The summed E-state index contributed by atoms with van der Waals surface area (Å²) in [5.74, 6) is 0.901. The second kappa shape index (κ2) is 7.33. The van der Waals surface area contributed by atoms with E-state index in [1.807, 2.05) is 19.1 Å². The predicted molar refractivity (Wildman–Crippen MR) is 94.1 cm³/mol. The summed E-state index contributed by atoms with van der Waals surface area (Å²) in [6.07, 6.45) is 8.67. The molecule has 1 fully saturated rings. The first-order valence-corrected chi connectivity index (χ1v) is 8.78. The Morgan fingerprint density at radius 3 is 2.74 bits per heavy atom. The van der Waals surface area contributed by atoms with Gasteiger partial charge in [0.25, 0.3) is 0 Å². The lowest BCUT2D eigenvalue weighted by Crippen LogP contribution is -2.27. The molecule has 0 bridgehead atoms. The highest BCUT2D eigenvalue weighted by atomic mass is 16.6. The highest BCUT2D eigenvalue weighted by Crippen LogP contribution is 2.36. The maximum Gasteiger partial charge on any atom is 0.105 e. The molecule has 2 unspecified atom stereocenters. The highest BCUT2D eigenvalue weighted by Gasteiger charge is 2.40. The smallest absolute Gasteiger partial charge is 0.105 e. The first-order valence-electron chi connectivity index (χ1n) is 8.78.